The average Bonchev–Trinajstić information content (AvgIpc) is 2.31. The van der Waals surface area contributed by atoms with E-state index in [-0.39, 0.29) is 12.5 Å². The molecule has 0 bridgehead atoms. The molecule has 0 rings (SSSR count). The lowest BCUT2D eigenvalue weighted by Gasteiger charge is -2.22. The fraction of sp³-hybridized carbons (Fsp3) is 0.923. The molecule has 17 heavy (non-hydrogen) atoms. The van der Waals surface area contributed by atoms with Crippen molar-refractivity contribution in [3.8, 4) is 0 Å². The highest BCUT2D eigenvalue weighted by Gasteiger charge is 2.10. The van der Waals surface area contributed by atoms with Crippen LogP contribution >= 0.6 is 0 Å². The Hall–Kier alpha value is -0.610. The van der Waals surface area contributed by atoms with Crippen LogP contribution in [0.25, 0.3) is 0 Å². The number of hydrogen-bond acceptors (Lipinski definition) is 3. The molecule has 102 valence electrons. The van der Waals surface area contributed by atoms with Crippen molar-refractivity contribution < 1.29 is 9.90 Å². The number of hydrogen-bond donors (Lipinski definition) is 1. The van der Waals surface area contributed by atoms with Crippen LogP contribution in [-0.4, -0.2) is 60.1 Å². The minimum absolute atomic E-state index is 0.198. The van der Waals surface area contributed by atoms with Crippen molar-refractivity contribution in [1.82, 2.24) is 9.80 Å². The van der Waals surface area contributed by atoms with Crippen LogP contribution in [0.4, 0.5) is 0 Å². The highest BCUT2D eigenvalue weighted by atomic mass is 16.3. The minimum Gasteiger partial charge on any atom is -0.395 e. The molecular weight excluding hydrogens is 216 g/mol. The first-order valence-electron chi connectivity index (χ1n) is 6.80. The summed E-state index contributed by atoms with van der Waals surface area (Å²) < 4.78 is 0. The summed E-state index contributed by atoms with van der Waals surface area (Å²) in [4.78, 5) is 15.8. The van der Waals surface area contributed by atoms with Gasteiger partial charge in [-0.05, 0) is 39.8 Å². The Balaban J connectivity index is 3.82. The second-order valence-corrected chi connectivity index (χ2v) is 4.23. The Labute approximate surface area is 106 Å². The lowest BCUT2D eigenvalue weighted by Crippen LogP contribution is -2.32. The zero-order valence-corrected chi connectivity index (χ0v) is 11.6. The Kier molecular flexibility index (Phi) is 10.2. The summed E-state index contributed by atoms with van der Waals surface area (Å²) in [5.74, 6) is 0.246. The lowest BCUT2D eigenvalue weighted by atomic mass is 10.2. The summed E-state index contributed by atoms with van der Waals surface area (Å²) in [5, 5.41) is 8.92. The zero-order valence-electron chi connectivity index (χ0n) is 11.6. The molecule has 0 fully saturated rings. The van der Waals surface area contributed by atoms with Crippen molar-refractivity contribution in [1.29, 1.82) is 0 Å². The van der Waals surface area contributed by atoms with E-state index in [1.54, 1.807) is 0 Å². The van der Waals surface area contributed by atoms with Crippen LogP contribution in [0.15, 0.2) is 0 Å². The number of rotatable bonds is 10. The Morgan fingerprint density at radius 2 is 1.71 bits per heavy atom. The van der Waals surface area contributed by atoms with E-state index in [0.717, 1.165) is 39.0 Å². The standard InChI is InChI=1S/C13H28N2O2/c1-4-9-14(11-12-16)10-7-8-13(17)15(5-2)6-3/h16H,4-12H2,1-3H3. The molecule has 0 atom stereocenters. The van der Waals surface area contributed by atoms with Crippen LogP contribution in [0.5, 0.6) is 0 Å². The van der Waals surface area contributed by atoms with Crippen molar-refractivity contribution in [3.63, 3.8) is 0 Å². The van der Waals surface area contributed by atoms with E-state index >= 15 is 0 Å². The van der Waals surface area contributed by atoms with Crippen molar-refractivity contribution in [3.05, 3.63) is 0 Å². The molecule has 1 amide bonds. The van der Waals surface area contributed by atoms with Crippen molar-refractivity contribution in [2.45, 2.75) is 40.0 Å². The maximum atomic E-state index is 11.8. The fourth-order valence-corrected chi connectivity index (χ4v) is 1.98. The SMILES string of the molecule is CCCN(CCO)CCCC(=O)N(CC)CC. The normalized spacial score (nSPS) is 10.9. The predicted molar refractivity (Wildman–Crippen MR) is 71.0 cm³/mol. The van der Waals surface area contributed by atoms with Crippen LogP contribution in [0.1, 0.15) is 40.0 Å². The van der Waals surface area contributed by atoms with Crippen LogP contribution < -0.4 is 0 Å². The van der Waals surface area contributed by atoms with Gasteiger partial charge in [-0.15, -0.1) is 0 Å². The van der Waals surface area contributed by atoms with Gasteiger partial charge in [0.1, 0.15) is 0 Å². The van der Waals surface area contributed by atoms with Gasteiger partial charge in [-0.2, -0.15) is 0 Å². The minimum atomic E-state index is 0.198. The smallest absolute Gasteiger partial charge is 0.222 e. The van der Waals surface area contributed by atoms with E-state index in [1.165, 1.54) is 0 Å². The van der Waals surface area contributed by atoms with Gasteiger partial charge in [-0.1, -0.05) is 6.92 Å². The third-order valence-electron chi connectivity index (χ3n) is 2.94. The molecule has 0 saturated carbocycles. The van der Waals surface area contributed by atoms with E-state index in [1.807, 2.05) is 18.7 Å². The van der Waals surface area contributed by atoms with Crippen molar-refractivity contribution >= 4 is 5.91 Å². The Morgan fingerprint density at radius 3 is 2.18 bits per heavy atom. The van der Waals surface area contributed by atoms with Gasteiger partial charge in [0.2, 0.25) is 5.91 Å². The van der Waals surface area contributed by atoms with Crippen LogP contribution in [0, 0.1) is 0 Å². The molecule has 0 aromatic rings. The second kappa shape index (κ2) is 10.5. The molecule has 1 N–H and O–H groups in total. The molecule has 0 spiro atoms. The van der Waals surface area contributed by atoms with Gasteiger partial charge in [0.25, 0.3) is 0 Å². The molecule has 0 radical (unpaired) electrons. The number of carbonyl (C=O) groups excluding carboxylic acids is 1. The van der Waals surface area contributed by atoms with E-state index in [4.69, 9.17) is 5.11 Å². The zero-order chi connectivity index (χ0) is 13.1. The molecule has 0 aromatic carbocycles. The average molecular weight is 244 g/mol. The van der Waals surface area contributed by atoms with Gasteiger partial charge >= 0.3 is 0 Å². The van der Waals surface area contributed by atoms with Gasteiger partial charge in [0, 0.05) is 26.1 Å². The first-order valence-corrected chi connectivity index (χ1v) is 6.80. The number of aliphatic hydroxyl groups is 1. The summed E-state index contributed by atoms with van der Waals surface area (Å²) in [7, 11) is 0. The van der Waals surface area contributed by atoms with Gasteiger partial charge in [0.05, 0.1) is 6.61 Å². The Bertz CT molecular complexity index is 188. The van der Waals surface area contributed by atoms with Gasteiger partial charge in [-0.25, -0.2) is 0 Å². The van der Waals surface area contributed by atoms with E-state index in [9.17, 15) is 4.79 Å². The second-order valence-electron chi connectivity index (χ2n) is 4.23. The van der Waals surface area contributed by atoms with Gasteiger partial charge in [0.15, 0.2) is 0 Å². The highest BCUT2D eigenvalue weighted by molar-refractivity contribution is 5.76. The molecule has 0 aliphatic heterocycles. The summed E-state index contributed by atoms with van der Waals surface area (Å²) in [6.07, 6.45) is 2.59. The van der Waals surface area contributed by atoms with Crippen LogP contribution in [0.2, 0.25) is 0 Å². The molecule has 0 saturated heterocycles. The molecular formula is C13H28N2O2. The molecule has 4 nitrogen and oxygen atoms in total. The molecule has 0 aliphatic carbocycles. The summed E-state index contributed by atoms with van der Waals surface area (Å²) >= 11 is 0. The number of nitrogens with zero attached hydrogens (tertiary/aromatic N) is 2. The third kappa shape index (κ3) is 7.34. The summed E-state index contributed by atoms with van der Waals surface area (Å²) in [5.41, 5.74) is 0. The molecule has 0 aliphatic rings. The Morgan fingerprint density at radius 1 is 1.06 bits per heavy atom. The van der Waals surface area contributed by atoms with E-state index in [2.05, 4.69) is 11.8 Å². The number of amides is 1. The largest absolute Gasteiger partial charge is 0.395 e. The third-order valence-corrected chi connectivity index (χ3v) is 2.94. The predicted octanol–water partition coefficient (Wildman–Crippen LogP) is 1.34. The number of aliphatic hydroxyl groups excluding tert-OH is 1. The van der Waals surface area contributed by atoms with Crippen molar-refractivity contribution in [2.75, 3.05) is 39.3 Å². The molecule has 4 heteroatoms. The van der Waals surface area contributed by atoms with Crippen molar-refractivity contribution in [2.24, 2.45) is 0 Å². The quantitative estimate of drug-likeness (QED) is 0.630. The summed E-state index contributed by atoms with van der Waals surface area (Å²) in [6.45, 7) is 10.6. The van der Waals surface area contributed by atoms with Crippen LogP contribution in [0.3, 0.4) is 0 Å². The maximum Gasteiger partial charge on any atom is 0.222 e. The molecule has 0 unspecified atom stereocenters. The lowest BCUT2D eigenvalue weighted by molar-refractivity contribution is -0.130. The highest BCUT2D eigenvalue weighted by Crippen LogP contribution is 2.01. The topological polar surface area (TPSA) is 43.8 Å². The van der Waals surface area contributed by atoms with E-state index in [0.29, 0.717) is 13.0 Å². The molecule has 0 aromatic heterocycles. The molecule has 0 heterocycles. The summed E-state index contributed by atoms with van der Waals surface area (Å²) in [6, 6.07) is 0. The number of carbonyl (C=O) groups is 1. The van der Waals surface area contributed by atoms with Crippen LogP contribution in [-0.2, 0) is 4.79 Å². The fourth-order valence-electron chi connectivity index (χ4n) is 1.98. The van der Waals surface area contributed by atoms with E-state index < -0.39 is 0 Å². The first kappa shape index (κ1) is 16.4. The van der Waals surface area contributed by atoms with Gasteiger partial charge < -0.3 is 14.9 Å². The maximum absolute atomic E-state index is 11.8. The van der Waals surface area contributed by atoms with Gasteiger partial charge in [-0.3, -0.25) is 4.79 Å². The first-order chi connectivity index (χ1) is 8.19. The monoisotopic (exact) mass is 244 g/mol.